The Bertz CT molecular complexity index is 790. The maximum Gasteiger partial charge on any atom is 0.268 e. The summed E-state index contributed by atoms with van der Waals surface area (Å²) in [6.07, 6.45) is 4.97. The summed E-state index contributed by atoms with van der Waals surface area (Å²) in [6, 6.07) is 10.7. The lowest BCUT2D eigenvalue weighted by molar-refractivity contribution is -0.118. The quantitative estimate of drug-likeness (QED) is 0.782. The lowest BCUT2D eigenvalue weighted by Crippen LogP contribution is -2.38. The monoisotopic (exact) mass is 354 g/mol. The summed E-state index contributed by atoms with van der Waals surface area (Å²) in [5.74, 6) is -0.232. The Balaban J connectivity index is 1.74. The lowest BCUT2D eigenvalue weighted by Gasteiger charge is -2.14. The molecular weight excluding hydrogens is 332 g/mol. The Labute approximate surface area is 152 Å². The Kier molecular flexibility index (Phi) is 5.86. The van der Waals surface area contributed by atoms with Crippen LogP contribution in [-0.4, -0.2) is 31.1 Å². The molecule has 3 rings (SSSR count). The zero-order valence-electron chi connectivity index (χ0n) is 14.7. The molecule has 1 fully saturated rings. The largest absolute Gasteiger partial charge is 0.465 e. The average molecular weight is 354 g/mol. The molecule has 6 heteroatoms. The zero-order valence-corrected chi connectivity index (χ0v) is 14.7. The van der Waals surface area contributed by atoms with Crippen LogP contribution in [-0.2, 0) is 9.53 Å². The van der Waals surface area contributed by atoms with Crippen molar-refractivity contribution < 1.29 is 18.7 Å². The number of rotatable bonds is 6. The van der Waals surface area contributed by atoms with Gasteiger partial charge in [-0.1, -0.05) is 18.2 Å². The maximum atomic E-state index is 12.6. The van der Waals surface area contributed by atoms with Gasteiger partial charge in [0, 0.05) is 24.8 Å². The van der Waals surface area contributed by atoms with Crippen LogP contribution in [0.2, 0.25) is 0 Å². The molecule has 0 radical (unpaired) electrons. The summed E-state index contributed by atoms with van der Waals surface area (Å²) in [5.41, 5.74) is 1.48. The Morgan fingerprint density at radius 2 is 2.08 bits per heavy atom. The van der Waals surface area contributed by atoms with Crippen LogP contribution >= 0.6 is 0 Å². The number of hydrogen-bond acceptors (Lipinski definition) is 4. The number of aryl methyl sites for hydroxylation is 1. The number of ether oxygens (including phenoxy) is 1. The first-order valence-electron chi connectivity index (χ1n) is 8.65. The van der Waals surface area contributed by atoms with Gasteiger partial charge in [0.1, 0.15) is 11.5 Å². The Morgan fingerprint density at radius 3 is 2.77 bits per heavy atom. The van der Waals surface area contributed by atoms with E-state index < -0.39 is 0 Å². The fourth-order valence-corrected chi connectivity index (χ4v) is 2.80. The standard InChI is InChI=1S/C20H22N2O4/c1-14-6-2-3-9-17(14)19(23)22-18(12-15-7-4-10-25-15)20(24)21-13-16-8-5-11-26-16/h2-4,6-7,9-10,12,16H,5,8,11,13H2,1H3,(H,21,24)(H,22,23)/b18-12-/t16-/m1/s1. The van der Waals surface area contributed by atoms with Gasteiger partial charge in [-0.2, -0.15) is 0 Å². The molecule has 0 unspecified atom stereocenters. The minimum absolute atomic E-state index is 0.0240. The Morgan fingerprint density at radius 1 is 1.23 bits per heavy atom. The van der Waals surface area contributed by atoms with Crippen LogP contribution in [0, 0.1) is 6.92 Å². The van der Waals surface area contributed by atoms with E-state index in [9.17, 15) is 9.59 Å². The zero-order chi connectivity index (χ0) is 18.4. The third-order valence-corrected chi connectivity index (χ3v) is 4.23. The molecule has 0 spiro atoms. The van der Waals surface area contributed by atoms with Crippen LogP contribution < -0.4 is 10.6 Å². The van der Waals surface area contributed by atoms with Crippen LogP contribution in [0.1, 0.15) is 34.5 Å². The average Bonchev–Trinajstić information content (AvgIpc) is 3.33. The van der Waals surface area contributed by atoms with Crippen molar-refractivity contribution >= 4 is 17.9 Å². The minimum atomic E-state index is -0.376. The summed E-state index contributed by atoms with van der Waals surface area (Å²) in [7, 11) is 0. The van der Waals surface area contributed by atoms with Crippen molar-refractivity contribution in [1.82, 2.24) is 10.6 Å². The highest BCUT2D eigenvalue weighted by Gasteiger charge is 2.20. The van der Waals surface area contributed by atoms with Gasteiger partial charge < -0.3 is 19.8 Å². The molecule has 1 aromatic heterocycles. The van der Waals surface area contributed by atoms with E-state index >= 15 is 0 Å². The van der Waals surface area contributed by atoms with Gasteiger partial charge in [0.05, 0.1) is 12.4 Å². The first-order valence-corrected chi connectivity index (χ1v) is 8.65. The topological polar surface area (TPSA) is 80.6 Å². The molecule has 2 aromatic rings. The van der Waals surface area contributed by atoms with E-state index in [1.165, 1.54) is 12.3 Å². The number of benzene rings is 1. The van der Waals surface area contributed by atoms with Crippen molar-refractivity contribution in [1.29, 1.82) is 0 Å². The van der Waals surface area contributed by atoms with Gasteiger partial charge in [-0.25, -0.2) is 0 Å². The third kappa shape index (κ3) is 4.61. The van der Waals surface area contributed by atoms with Crippen molar-refractivity contribution in [3.63, 3.8) is 0 Å². The summed E-state index contributed by atoms with van der Waals surface area (Å²) in [6.45, 7) is 2.98. The number of amides is 2. The minimum Gasteiger partial charge on any atom is -0.465 e. The van der Waals surface area contributed by atoms with Crippen molar-refractivity contribution in [3.8, 4) is 0 Å². The van der Waals surface area contributed by atoms with Crippen LogP contribution in [0.3, 0.4) is 0 Å². The molecule has 0 bridgehead atoms. The van der Waals surface area contributed by atoms with E-state index in [1.807, 2.05) is 19.1 Å². The first kappa shape index (κ1) is 17.9. The van der Waals surface area contributed by atoms with Crippen LogP contribution in [0.5, 0.6) is 0 Å². The van der Waals surface area contributed by atoms with Gasteiger partial charge >= 0.3 is 0 Å². The SMILES string of the molecule is Cc1ccccc1C(=O)N/C(=C\c1ccco1)C(=O)NC[C@H]1CCCO1. The summed E-state index contributed by atoms with van der Waals surface area (Å²) in [4.78, 5) is 25.2. The molecule has 2 amide bonds. The maximum absolute atomic E-state index is 12.6. The van der Waals surface area contributed by atoms with E-state index in [-0.39, 0.29) is 23.6 Å². The highest BCUT2D eigenvalue weighted by atomic mass is 16.5. The number of nitrogens with one attached hydrogen (secondary N) is 2. The Hall–Kier alpha value is -2.86. The third-order valence-electron chi connectivity index (χ3n) is 4.23. The predicted octanol–water partition coefficient (Wildman–Crippen LogP) is 2.65. The van der Waals surface area contributed by atoms with Crippen molar-refractivity contribution in [2.24, 2.45) is 0 Å². The molecule has 1 aliphatic rings. The van der Waals surface area contributed by atoms with Crippen molar-refractivity contribution in [2.45, 2.75) is 25.9 Å². The van der Waals surface area contributed by atoms with E-state index in [2.05, 4.69) is 10.6 Å². The predicted molar refractivity (Wildman–Crippen MR) is 97.3 cm³/mol. The molecule has 26 heavy (non-hydrogen) atoms. The van der Waals surface area contributed by atoms with E-state index in [1.54, 1.807) is 24.3 Å². The van der Waals surface area contributed by atoms with Crippen LogP contribution in [0.15, 0.2) is 52.8 Å². The van der Waals surface area contributed by atoms with Gasteiger partial charge in [-0.05, 0) is 43.5 Å². The van der Waals surface area contributed by atoms with Crippen LogP contribution in [0.25, 0.3) is 6.08 Å². The summed E-state index contributed by atoms with van der Waals surface area (Å²) in [5, 5.41) is 5.52. The van der Waals surface area contributed by atoms with Gasteiger partial charge in [-0.3, -0.25) is 9.59 Å². The second-order valence-electron chi connectivity index (χ2n) is 6.19. The molecule has 6 nitrogen and oxygen atoms in total. The number of carbonyl (C=O) groups is 2. The first-order chi connectivity index (χ1) is 12.6. The highest BCUT2D eigenvalue weighted by molar-refractivity contribution is 6.05. The van der Waals surface area contributed by atoms with Gasteiger partial charge in [-0.15, -0.1) is 0 Å². The molecular formula is C20H22N2O4. The van der Waals surface area contributed by atoms with Crippen molar-refractivity contribution in [2.75, 3.05) is 13.2 Å². The molecule has 2 N–H and O–H groups in total. The van der Waals surface area contributed by atoms with E-state index in [0.29, 0.717) is 17.9 Å². The molecule has 136 valence electrons. The second kappa shape index (κ2) is 8.49. The van der Waals surface area contributed by atoms with E-state index in [0.717, 1.165) is 25.0 Å². The molecule has 1 atom stereocenters. The van der Waals surface area contributed by atoms with Crippen LogP contribution in [0.4, 0.5) is 0 Å². The smallest absolute Gasteiger partial charge is 0.268 e. The highest BCUT2D eigenvalue weighted by Crippen LogP contribution is 2.12. The number of hydrogen-bond donors (Lipinski definition) is 2. The number of furan rings is 1. The molecule has 0 aliphatic carbocycles. The van der Waals surface area contributed by atoms with E-state index in [4.69, 9.17) is 9.15 Å². The molecule has 1 aliphatic heterocycles. The lowest BCUT2D eigenvalue weighted by atomic mass is 10.1. The summed E-state index contributed by atoms with van der Waals surface area (Å²) < 4.78 is 10.8. The second-order valence-corrected chi connectivity index (χ2v) is 6.19. The molecule has 2 heterocycles. The van der Waals surface area contributed by atoms with Crippen molar-refractivity contribution in [3.05, 3.63) is 65.2 Å². The molecule has 1 aromatic carbocycles. The summed E-state index contributed by atoms with van der Waals surface area (Å²) >= 11 is 0. The van der Waals surface area contributed by atoms with Gasteiger partial charge in [0.25, 0.3) is 11.8 Å². The van der Waals surface area contributed by atoms with Gasteiger partial charge in [0.2, 0.25) is 0 Å². The molecule has 0 saturated carbocycles. The fraction of sp³-hybridized carbons (Fsp3) is 0.300. The van der Waals surface area contributed by atoms with Gasteiger partial charge in [0.15, 0.2) is 0 Å². The number of carbonyl (C=O) groups excluding carboxylic acids is 2. The normalized spacial score (nSPS) is 17.1. The molecule has 1 saturated heterocycles. The fourth-order valence-electron chi connectivity index (χ4n) is 2.80.